The molecule has 0 saturated carbocycles. The van der Waals surface area contributed by atoms with Crippen molar-refractivity contribution in [3.8, 4) is 0 Å². The van der Waals surface area contributed by atoms with Gasteiger partial charge in [-0.3, -0.25) is 14.9 Å². The maximum Gasteiger partial charge on any atom is 0.283 e. The van der Waals surface area contributed by atoms with E-state index in [0.29, 0.717) is 16.7 Å². The zero-order valence-corrected chi connectivity index (χ0v) is 8.41. The number of thioether (sulfide) groups is 1. The highest BCUT2D eigenvalue weighted by molar-refractivity contribution is 7.99. The topological polar surface area (TPSA) is 60.2 Å². The standard InChI is InChI=1S/C9H9NO3S/c1-2-14-9-4-3-7(6-11)5-8(9)10(12)13/h3-6H,2H2,1H3. The molecule has 0 fully saturated rings. The third-order valence-corrected chi connectivity index (χ3v) is 2.56. The minimum absolute atomic E-state index is 0.00134. The van der Waals surface area contributed by atoms with Gasteiger partial charge in [0, 0.05) is 11.6 Å². The van der Waals surface area contributed by atoms with E-state index in [4.69, 9.17) is 0 Å². The van der Waals surface area contributed by atoms with Gasteiger partial charge in [0.25, 0.3) is 5.69 Å². The Morgan fingerprint density at radius 2 is 2.29 bits per heavy atom. The van der Waals surface area contributed by atoms with Gasteiger partial charge in [0.2, 0.25) is 0 Å². The Balaban J connectivity index is 3.16. The number of nitro benzene ring substituents is 1. The van der Waals surface area contributed by atoms with Crippen LogP contribution < -0.4 is 0 Å². The van der Waals surface area contributed by atoms with Crippen LogP contribution in [0.25, 0.3) is 0 Å². The Kier molecular flexibility index (Phi) is 3.64. The first kappa shape index (κ1) is 10.7. The van der Waals surface area contributed by atoms with Crippen LogP contribution in [0.4, 0.5) is 5.69 Å². The summed E-state index contributed by atoms with van der Waals surface area (Å²) in [6, 6.07) is 4.49. The summed E-state index contributed by atoms with van der Waals surface area (Å²) in [7, 11) is 0. The maximum absolute atomic E-state index is 10.6. The average Bonchev–Trinajstić information content (AvgIpc) is 2.18. The zero-order chi connectivity index (χ0) is 10.6. The lowest BCUT2D eigenvalue weighted by Gasteiger charge is -2.00. The second-order valence-corrected chi connectivity index (χ2v) is 3.84. The largest absolute Gasteiger partial charge is 0.298 e. The lowest BCUT2D eigenvalue weighted by atomic mass is 10.2. The van der Waals surface area contributed by atoms with E-state index >= 15 is 0 Å². The van der Waals surface area contributed by atoms with Crippen LogP contribution in [0.3, 0.4) is 0 Å². The summed E-state index contributed by atoms with van der Waals surface area (Å²) in [6.45, 7) is 1.92. The van der Waals surface area contributed by atoms with Crippen LogP contribution in [0.5, 0.6) is 0 Å². The molecule has 0 radical (unpaired) electrons. The second-order valence-electron chi connectivity index (χ2n) is 2.54. The van der Waals surface area contributed by atoms with Crippen molar-refractivity contribution in [1.82, 2.24) is 0 Å². The normalized spacial score (nSPS) is 9.79. The molecule has 74 valence electrons. The fraction of sp³-hybridized carbons (Fsp3) is 0.222. The predicted octanol–water partition coefficient (Wildman–Crippen LogP) is 2.52. The molecule has 0 aromatic heterocycles. The fourth-order valence-corrected chi connectivity index (χ4v) is 1.78. The van der Waals surface area contributed by atoms with Crippen LogP contribution in [0, 0.1) is 10.1 Å². The van der Waals surface area contributed by atoms with Gasteiger partial charge >= 0.3 is 0 Å². The molecule has 4 nitrogen and oxygen atoms in total. The number of rotatable bonds is 4. The Morgan fingerprint density at radius 1 is 1.57 bits per heavy atom. The minimum Gasteiger partial charge on any atom is -0.298 e. The Hall–Kier alpha value is -1.36. The minimum atomic E-state index is -0.467. The molecule has 1 aromatic carbocycles. The van der Waals surface area contributed by atoms with Crippen molar-refractivity contribution in [3.05, 3.63) is 33.9 Å². The first-order valence-corrected chi connectivity index (χ1v) is 5.04. The Labute approximate surface area is 85.5 Å². The highest BCUT2D eigenvalue weighted by atomic mass is 32.2. The number of carbonyl (C=O) groups is 1. The SMILES string of the molecule is CCSc1ccc(C=O)cc1[N+](=O)[O-]. The highest BCUT2D eigenvalue weighted by Crippen LogP contribution is 2.29. The van der Waals surface area contributed by atoms with Crippen molar-refractivity contribution >= 4 is 23.7 Å². The monoisotopic (exact) mass is 211 g/mol. The molecule has 0 aliphatic carbocycles. The molecule has 0 aliphatic rings. The molecule has 0 unspecified atom stereocenters. The van der Waals surface area contributed by atoms with Crippen molar-refractivity contribution in [1.29, 1.82) is 0 Å². The van der Waals surface area contributed by atoms with E-state index in [0.717, 1.165) is 5.75 Å². The van der Waals surface area contributed by atoms with E-state index in [-0.39, 0.29) is 5.69 Å². The summed E-state index contributed by atoms with van der Waals surface area (Å²) in [4.78, 5) is 21.2. The molecule has 1 rings (SSSR count). The molecule has 0 bridgehead atoms. The summed E-state index contributed by atoms with van der Waals surface area (Å²) in [5.41, 5.74) is 0.332. The molecular weight excluding hydrogens is 202 g/mol. The molecular formula is C9H9NO3S. The first-order chi connectivity index (χ1) is 6.69. The third kappa shape index (κ3) is 2.32. The van der Waals surface area contributed by atoms with E-state index in [2.05, 4.69) is 0 Å². The van der Waals surface area contributed by atoms with E-state index in [1.54, 1.807) is 12.1 Å². The lowest BCUT2D eigenvalue weighted by Crippen LogP contribution is -1.93. The summed E-state index contributed by atoms with van der Waals surface area (Å²) in [5, 5.41) is 10.6. The Bertz CT molecular complexity index is 365. The van der Waals surface area contributed by atoms with Crippen molar-refractivity contribution < 1.29 is 9.72 Å². The van der Waals surface area contributed by atoms with Crippen molar-refractivity contribution in [2.75, 3.05) is 5.75 Å². The van der Waals surface area contributed by atoms with Crippen molar-refractivity contribution in [2.24, 2.45) is 0 Å². The van der Waals surface area contributed by atoms with Gasteiger partial charge in [-0.05, 0) is 11.8 Å². The summed E-state index contributed by atoms with van der Waals surface area (Å²) < 4.78 is 0. The molecule has 0 heterocycles. The summed E-state index contributed by atoms with van der Waals surface area (Å²) >= 11 is 1.39. The number of hydrogen-bond donors (Lipinski definition) is 0. The number of benzene rings is 1. The van der Waals surface area contributed by atoms with Crippen LogP contribution in [0.15, 0.2) is 23.1 Å². The van der Waals surface area contributed by atoms with Gasteiger partial charge in [0.15, 0.2) is 0 Å². The van der Waals surface area contributed by atoms with Gasteiger partial charge in [-0.15, -0.1) is 11.8 Å². The van der Waals surface area contributed by atoms with E-state index < -0.39 is 4.92 Å². The molecule has 1 aromatic rings. The lowest BCUT2D eigenvalue weighted by molar-refractivity contribution is -0.387. The second kappa shape index (κ2) is 4.76. The van der Waals surface area contributed by atoms with Gasteiger partial charge < -0.3 is 0 Å². The molecule has 0 atom stereocenters. The fourth-order valence-electron chi connectivity index (χ4n) is 1.03. The van der Waals surface area contributed by atoms with Crippen LogP contribution in [-0.2, 0) is 0 Å². The maximum atomic E-state index is 10.6. The van der Waals surface area contributed by atoms with Gasteiger partial charge in [-0.1, -0.05) is 13.0 Å². The number of hydrogen-bond acceptors (Lipinski definition) is 4. The summed E-state index contributed by atoms with van der Waals surface area (Å²) in [5.74, 6) is 0.765. The molecule has 0 aliphatic heterocycles. The number of aldehydes is 1. The van der Waals surface area contributed by atoms with E-state index in [1.165, 1.54) is 17.8 Å². The number of nitro groups is 1. The first-order valence-electron chi connectivity index (χ1n) is 4.05. The third-order valence-electron chi connectivity index (χ3n) is 1.62. The van der Waals surface area contributed by atoms with Crippen LogP contribution in [0.1, 0.15) is 17.3 Å². The average molecular weight is 211 g/mol. The van der Waals surface area contributed by atoms with Gasteiger partial charge in [-0.25, -0.2) is 0 Å². The van der Waals surface area contributed by atoms with Crippen molar-refractivity contribution in [2.45, 2.75) is 11.8 Å². The Morgan fingerprint density at radius 3 is 2.79 bits per heavy atom. The number of carbonyl (C=O) groups excluding carboxylic acids is 1. The molecule has 0 spiro atoms. The molecule has 0 amide bonds. The predicted molar refractivity (Wildman–Crippen MR) is 54.9 cm³/mol. The number of nitrogens with zero attached hydrogens (tertiary/aromatic N) is 1. The highest BCUT2D eigenvalue weighted by Gasteiger charge is 2.13. The summed E-state index contributed by atoms with van der Waals surface area (Å²) in [6.07, 6.45) is 0.605. The quantitative estimate of drug-likeness (QED) is 0.332. The van der Waals surface area contributed by atoms with E-state index in [1.807, 2.05) is 6.92 Å². The van der Waals surface area contributed by atoms with Crippen LogP contribution >= 0.6 is 11.8 Å². The smallest absolute Gasteiger partial charge is 0.283 e. The van der Waals surface area contributed by atoms with Crippen molar-refractivity contribution in [3.63, 3.8) is 0 Å². The van der Waals surface area contributed by atoms with Crippen LogP contribution in [-0.4, -0.2) is 17.0 Å². The zero-order valence-electron chi connectivity index (χ0n) is 7.60. The van der Waals surface area contributed by atoms with Gasteiger partial charge in [0.05, 0.1) is 9.82 Å². The molecule has 0 saturated heterocycles. The molecule has 14 heavy (non-hydrogen) atoms. The molecule has 0 N–H and O–H groups in total. The van der Waals surface area contributed by atoms with Gasteiger partial charge in [-0.2, -0.15) is 0 Å². The van der Waals surface area contributed by atoms with E-state index in [9.17, 15) is 14.9 Å². The molecule has 5 heteroatoms. The van der Waals surface area contributed by atoms with Gasteiger partial charge in [0.1, 0.15) is 6.29 Å². The van der Waals surface area contributed by atoms with Crippen LogP contribution in [0.2, 0.25) is 0 Å².